The summed E-state index contributed by atoms with van der Waals surface area (Å²) in [6, 6.07) is 1.20. The number of hydrogen-bond acceptors (Lipinski definition) is 4. The molecule has 0 aromatic carbocycles. The Hall–Kier alpha value is -0.990. The van der Waals surface area contributed by atoms with Gasteiger partial charge in [0.2, 0.25) is 5.88 Å². The van der Waals surface area contributed by atoms with Crippen molar-refractivity contribution < 1.29 is 23.0 Å². The molecule has 0 unspecified atom stereocenters. The Bertz CT molecular complexity index is 441. The predicted molar refractivity (Wildman–Crippen MR) is 68.8 cm³/mol. The van der Waals surface area contributed by atoms with Gasteiger partial charge in [0.05, 0.1) is 23.7 Å². The van der Waals surface area contributed by atoms with E-state index in [9.17, 15) is 13.6 Å². The molecular weight excluding hydrogens is 359 g/mol. The van der Waals surface area contributed by atoms with Crippen molar-refractivity contribution in [1.29, 1.82) is 0 Å². The first-order valence-corrected chi connectivity index (χ1v) is 6.24. The van der Waals surface area contributed by atoms with E-state index in [0.29, 0.717) is 9.13 Å². The van der Waals surface area contributed by atoms with Crippen LogP contribution in [0.1, 0.15) is 24.6 Å². The zero-order valence-electron chi connectivity index (χ0n) is 9.87. The zero-order chi connectivity index (χ0) is 13.7. The van der Waals surface area contributed by atoms with Crippen LogP contribution in [0.2, 0.25) is 0 Å². The lowest BCUT2D eigenvalue weighted by atomic mass is 10.1. The minimum Gasteiger partial charge on any atom is -0.480 e. The molecule has 1 rings (SSSR count). The number of nitrogens with zero attached hydrogens (tertiary/aromatic N) is 1. The number of halogens is 3. The summed E-state index contributed by atoms with van der Waals surface area (Å²) >= 11 is 1.90. The first kappa shape index (κ1) is 15.1. The number of ether oxygens (including phenoxy) is 2. The largest absolute Gasteiger partial charge is 0.480 e. The van der Waals surface area contributed by atoms with Crippen LogP contribution in [0, 0.1) is 3.57 Å². The number of carbonyl (C=O) groups is 1. The van der Waals surface area contributed by atoms with Gasteiger partial charge in [-0.3, -0.25) is 4.79 Å². The van der Waals surface area contributed by atoms with Crippen molar-refractivity contribution in [1.82, 2.24) is 4.98 Å². The number of pyridine rings is 1. The third-order valence-corrected chi connectivity index (χ3v) is 3.23. The molecule has 7 heteroatoms. The molecule has 0 aliphatic carbocycles. The molecule has 0 aliphatic heterocycles. The van der Waals surface area contributed by atoms with Gasteiger partial charge in [-0.05, 0) is 41.1 Å². The normalized spacial score (nSPS) is 10.6. The lowest BCUT2D eigenvalue weighted by molar-refractivity contribution is -0.142. The van der Waals surface area contributed by atoms with Crippen molar-refractivity contribution in [3.8, 4) is 5.88 Å². The SMILES string of the molecule is CCOC(=O)Cc1cc(C(F)F)nc(OC)c1I. The zero-order valence-corrected chi connectivity index (χ0v) is 12.0. The molecule has 0 atom stereocenters. The summed E-state index contributed by atoms with van der Waals surface area (Å²) < 4.78 is 35.5. The summed E-state index contributed by atoms with van der Waals surface area (Å²) in [5.74, 6) is -0.378. The van der Waals surface area contributed by atoms with Gasteiger partial charge in [-0.1, -0.05) is 0 Å². The molecule has 1 aromatic heterocycles. The van der Waals surface area contributed by atoms with E-state index < -0.39 is 18.1 Å². The van der Waals surface area contributed by atoms with Gasteiger partial charge in [0.15, 0.2) is 0 Å². The number of aromatic nitrogens is 1. The van der Waals surface area contributed by atoms with Crippen molar-refractivity contribution in [2.24, 2.45) is 0 Å². The van der Waals surface area contributed by atoms with E-state index in [1.807, 2.05) is 22.6 Å². The highest BCUT2D eigenvalue weighted by atomic mass is 127. The van der Waals surface area contributed by atoms with Crippen molar-refractivity contribution >= 4 is 28.6 Å². The molecule has 0 saturated heterocycles. The number of alkyl halides is 2. The van der Waals surface area contributed by atoms with Crippen LogP contribution in [0.15, 0.2) is 6.07 Å². The van der Waals surface area contributed by atoms with E-state index in [2.05, 4.69) is 4.98 Å². The van der Waals surface area contributed by atoms with Crippen LogP contribution in [-0.4, -0.2) is 24.7 Å². The van der Waals surface area contributed by atoms with Gasteiger partial charge in [-0.15, -0.1) is 0 Å². The summed E-state index contributed by atoms with van der Waals surface area (Å²) in [5.41, 5.74) is 0.0164. The van der Waals surface area contributed by atoms with Crippen molar-refractivity contribution in [3.63, 3.8) is 0 Å². The van der Waals surface area contributed by atoms with Crippen LogP contribution in [0.3, 0.4) is 0 Å². The van der Waals surface area contributed by atoms with Gasteiger partial charge in [-0.2, -0.15) is 0 Å². The molecule has 1 aromatic rings. The highest BCUT2D eigenvalue weighted by molar-refractivity contribution is 14.1. The fourth-order valence-electron chi connectivity index (χ4n) is 1.32. The van der Waals surface area contributed by atoms with Gasteiger partial charge in [0.1, 0.15) is 5.69 Å². The molecule has 0 saturated carbocycles. The summed E-state index contributed by atoms with van der Waals surface area (Å²) in [5, 5.41) is 0. The molecule has 0 fully saturated rings. The molecule has 0 spiro atoms. The number of carbonyl (C=O) groups excluding carboxylic acids is 1. The summed E-state index contributed by atoms with van der Waals surface area (Å²) in [6.45, 7) is 1.93. The molecule has 0 N–H and O–H groups in total. The molecule has 4 nitrogen and oxygen atoms in total. The van der Waals surface area contributed by atoms with E-state index in [-0.39, 0.29) is 18.9 Å². The first-order chi connectivity index (χ1) is 8.49. The van der Waals surface area contributed by atoms with Gasteiger partial charge >= 0.3 is 5.97 Å². The van der Waals surface area contributed by atoms with E-state index >= 15 is 0 Å². The Morgan fingerprint density at radius 1 is 1.56 bits per heavy atom. The fourth-order valence-corrected chi connectivity index (χ4v) is 2.01. The van der Waals surface area contributed by atoms with Crippen LogP contribution in [0.25, 0.3) is 0 Å². The second kappa shape index (κ2) is 6.81. The lowest BCUT2D eigenvalue weighted by Crippen LogP contribution is -2.10. The van der Waals surface area contributed by atoms with E-state index in [0.717, 1.165) is 0 Å². The average Bonchev–Trinajstić information content (AvgIpc) is 2.31. The molecular formula is C11H12F2INO3. The second-order valence-corrected chi connectivity index (χ2v) is 4.39. The minimum atomic E-state index is -2.71. The summed E-state index contributed by atoms with van der Waals surface area (Å²) in [7, 11) is 1.34. The van der Waals surface area contributed by atoms with Gasteiger partial charge in [0, 0.05) is 0 Å². The van der Waals surface area contributed by atoms with Crippen LogP contribution >= 0.6 is 22.6 Å². The van der Waals surface area contributed by atoms with Crippen LogP contribution in [-0.2, 0) is 16.0 Å². The molecule has 100 valence electrons. The minimum absolute atomic E-state index is 0.0787. The molecule has 18 heavy (non-hydrogen) atoms. The van der Waals surface area contributed by atoms with Gasteiger partial charge in [0.25, 0.3) is 6.43 Å². The third-order valence-electron chi connectivity index (χ3n) is 2.08. The van der Waals surface area contributed by atoms with Crippen LogP contribution in [0.5, 0.6) is 5.88 Å². The number of esters is 1. The molecule has 0 bridgehead atoms. The topological polar surface area (TPSA) is 48.4 Å². The molecule has 0 amide bonds. The maximum absolute atomic E-state index is 12.6. The van der Waals surface area contributed by atoms with Crippen molar-refractivity contribution in [2.75, 3.05) is 13.7 Å². The highest BCUT2D eigenvalue weighted by Crippen LogP contribution is 2.28. The van der Waals surface area contributed by atoms with Crippen molar-refractivity contribution in [3.05, 3.63) is 20.9 Å². The first-order valence-electron chi connectivity index (χ1n) is 5.16. The number of hydrogen-bond donors (Lipinski definition) is 0. The Labute approximate surface area is 117 Å². The Balaban J connectivity index is 3.08. The third kappa shape index (κ3) is 3.76. The average molecular weight is 371 g/mol. The molecule has 0 aliphatic rings. The van der Waals surface area contributed by atoms with E-state index in [1.54, 1.807) is 6.92 Å². The highest BCUT2D eigenvalue weighted by Gasteiger charge is 2.18. The van der Waals surface area contributed by atoms with Crippen molar-refractivity contribution in [2.45, 2.75) is 19.8 Å². The van der Waals surface area contributed by atoms with Crippen LogP contribution in [0.4, 0.5) is 8.78 Å². The predicted octanol–water partition coefficient (Wildman–Crippen LogP) is 2.74. The standard InChI is InChI=1S/C11H12F2INO3/c1-3-18-8(16)5-6-4-7(10(12)13)15-11(17-2)9(6)14/h4,10H,3,5H2,1-2H3. The lowest BCUT2D eigenvalue weighted by Gasteiger charge is -2.10. The maximum Gasteiger partial charge on any atom is 0.310 e. The van der Waals surface area contributed by atoms with Gasteiger partial charge < -0.3 is 9.47 Å². The van der Waals surface area contributed by atoms with E-state index in [4.69, 9.17) is 9.47 Å². The summed E-state index contributed by atoms with van der Waals surface area (Å²) in [6.07, 6.45) is -2.79. The Kier molecular flexibility index (Phi) is 5.70. The Morgan fingerprint density at radius 3 is 2.72 bits per heavy atom. The maximum atomic E-state index is 12.6. The van der Waals surface area contributed by atoms with Crippen LogP contribution < -0.4 is 4.74 Å². The molecule has 1 heterocycles. The second-order valence-electron chi connectivity index (χ2n) is 3.31. The van der Waals surface area contributed by atoms with E-state index in [1.165, 1.54) is 13.2 Å². The monoisotopic (exact) mass is 371 g/mol. The number of rotatable bonds is 5. The quantitative estimate of drug-likeness (QED) is 0.590. The smallest absolute Gasteiger partial charge is 0.310 e. The molecule has 0 radical (unpaired) electrons. The Morgan fingerprint density at radius 2 is 2.22 bits per heavy atom. The summed E-state index contributed by atoms with van der Waals surface area (Å²) in [4.78, 5) is 15.0. The number of methoxy groups -OCH3 is 1. The fraction of sp³-hybridized carbons (Fsp3) is 0.455. The van der Waals surface area contributed by atoms with Gasteiger partial charge in [-0.25, -0.2) is 13.8 Å².